The van der Waals surface area contributed by atoms with Crippen LogP contribution in [0.5, 0.6) is 11.5 Å². The van der Waals surface area contributed by atoms with Crippen molar-refractivity contribution >= 4 is 16.9 Å². The van der Waals surface area contributed by atoms with Gasteiger partial charge in [0.1, 0.15) is 18.1 Å². The molecule has 0 saturated heterocycles. The number of benzene rings is 2. The quantitative estimate of drug-likeness (QED) is 0.784. The molecule has 0 amide bonds. The lowest BCUT2D eigenvalue weighted by Gasteiger charge is -2.07. The van der Waals surface area contributed by atoms with E-state index in [2.05, 4.69) is 0 Å². The number of aromatic carboxylic acids is 1. The second-order valence-electron chi connectivity index (χ2n) is 5.24. The number of carboxylic acid groups (broad SMARTS) is 1. The van der Waals surface area contributed by atoms with Gasteiger partial charge in [-0.15, -0.1) is 0 Å². The highest BCUT2D eigenvalue weighted by atomic mass is 16.5. The Morgan fingerprint density at radius 2 is 1.91 bits per heavy atom. The van der Waals surface area contributed by atoms with E-state index in [-0.39, 0.29) is 5.56 Å². The molecule has 3 rings (SSSR count). The third-order valence-electron chi connectivity index (χ3n) is 3.75. The summed E-state index contributed by atoms with van der Waals surface area (Å²) in [6, 6.07) is 12.7. The molecule has 1 aromatic heterocycles. The maximum absolute atomic E-state index is 11.4. The predicted molar refractivity (Wildman–Crippen MR) is 87.2 cm³/mol. The van der Waals surface area contributed by atoms with Crippen molar-refractivity contribution in [1.29, 1.82) is 0 Å². The molecule has 2 aromatic carbocycles. The molecule has 5 heteroatoms. The van der Waals surface area contributed by atoms with Crippen LogP contribution in [0.25, 0.3) is 10.9 Å². The van der Waals surface area contributed by atoms with E-state index >= 15 is 0 Å². The summed E-state index contributed by atoms with van der Waals surface area (Å²) >= 11 is 0. The molecule has 0 aliphatic carbocycles. The van der Waals surface area contributed by atoms with Gasteiger partial charge in [0.25, 0.3) is 0 Å². The summed E-state index contributed by atoms with van der Waals surface area (Å²) < 4.78 is 12.8. The fraction of sp³-hybridized carbons (Fsp3) is 0.167. The molecule has 0 atom stereocenters. The van der Waals surface area contributed by atoms with Crippen LogP contribution in [0.15, 0.2) is 48.7 Å². The van der Waals surface area contributed by atoms with Crippen LogP contribution in [0.3, 0.4) is 0 Å². The third-order valence-corrected chi connectivity index (χ3v) is 3.75. The van der Waals surface area contributed by atoms with Crippen molar-refractivity contribution < 1.29 is 19.4 Å². The predicted octanol–water partition coefficient (Wildman–Crippen LogP) is 3.46. The molecule has 23 heavy (non-hydrogen) atoms. The van der Waals surface area contributed by atoms with Crippen molar-refractivity contribution in [1.82, 2.24) is 4.57 Å². The van der Waals surface area contributed by atoms with E-state index in [4.69, 9.17) is 9.47 Å². The number of hydrogen-bond acceptors (Lipinski definition) is 3. The van der Waals surface area contributed by atoms with E-state index in [0.717, 1.165) is 16.7 Å². The summed E-state index contributed by atoms with van der Waals surface area (Å²) in [6.45, 7) is 0.355. The summed E-state index contributed by atoms with van der Waals surface area (Å²) in [5.41, 5.74) is 1.93. The average molecular weight is 311 g/mol. The van der Waals surface area contributed by atoms with Gasteiger partial charge in [0.2, 0.25) is 0 Å². The lowest BCUT2D eigenvalue weighted by molar-refractivity contribution is 0.0698. The van der Waals surface area contributed by atoms with Gasteiger partial charge in [-0.2, -0.15) is 0 Å². The van der Waals surface area contributed by atoms with E-state index in [1.807, 2.05) is 48.1 Å². The summed E-state index contributed by atoms with van der Waals surface area (Å²) in [6.07, 6.45) is 1.90. The van der Waals surface area contributed by atoms with Crippen LogP contribution in [0, 0.1) is 0 Å². The highest BCUT2D eigenvalue weighted by Crippen LogP contribution is 2.26. The fourth-order valence-electron chi connectivity index (χ4n) is 2.69. The van der Waals surface area contributed by atoms with Gasteiger partial charge >= 0.3 is 5.97 Å². The zero-order chi connectivity index (χ0) is 16.4. The summed E-state index contributed by atoms with van der Waals surface area (Å²) in [5, 5.41) is 10.2. The van der Waals surface area contributed by atoms with Crippen molar-refractivity contribution in [3.63, 3.8) is 0 Å². The molecule has 0 bridgehead atoms. The number of carbonyl (C=O) groups is 1. The van der Waals surface area contributed by atoms with E-state index in [9.17, 15) is 9.90 Å². The molecule has 118 valence electrons. The molecular weight excluding hydrogens is 294 g/mol. The van der Waals surface area contributed by atoms with E-state index < -0.39 is 5.97 Å². The van der Waals surface area contributed by atoms with E-state index in [0.29, 0.717) is 17.9 Å². The first-order valence-electron chi connectivity index (χ1n) is 7.17. The first kappa shape index (κ1) is 15.0. The highest BCUT2D eigenvalue weighted by Gasteiger charge is 2.14. The smallest absolute Gasteiger partial charge is 0.337 e. The van der Waals surface area contributed by atoms with Gasteiger partial charge in [-0.3, -0.25) is 0 Å². The molecule has 0 unspecified atom stereocenters. The van der Waals surface area contributed by atoms with Gasteiger partial charge in [-0.25, -0.2) is 4.79 Å². The fourth-order valence-corrected chi connectivity index (χ4v) is 2.69. The minimum atomic E-state index is -0.933. The number of fused-ring (bicyclic) bond motifs is 1. The van der Waals surface area contributed by atoms with Crippen molar-refractivity contribution in [3.05, 3.63) is 59.8 Å². The largest absolute Gasteiger partial charge is 0.497 e. The number of rotatable bonds is 5. The molecule has 3 aromatic rings. The Hall–Kier alpha value is -2.95. The SMILES string of the molecule is COc1cccc(OCc2cn(C)c3c(C(=O)O)cccc23)c1. The van der Waals surface area contributed by atoms with Crippen molar-refractivity contribution in [2.75, 3.05) is 7.11 Å². The highest BCUT2D eigenvalue weighted by molar-refractivity contribution is 6.03. The molecular formula is C18H17NO4. The van der Waals surface area contributed by atoms with Crippen LogP contribution in [0.1, 0.15) is 15.9 Å². The van der Waals surface area contributed by atoms with Crippen LogP contribution < -0.4 is 9.47 Å². The van der Waals surface area contributed by atoms with Crippen LogP contribution in [-0.4, -0.2) is 22.8 Å². The molecule has 1 heterocycles. The second kappa shape index (κ2) is 6.04. The molecule has 5 nitrogen and oxygen atoms in total. The maximum atomic E-state index is 11.4. The van der Waals surface area contributed by atoms with Crippen molar-refractivity contribution in [3.8, 4) is 11.5 Å². The molecule has 1 N–H and O–H groups in total. The average Bonchev–Trinajstić information content (AvgIpc) is 2.89. The number of carboxylic acids is 1. The molecule has 0 saturated carbocycles. The molecule has 0 aliphatic heterocycles. The number of hydrogen-bond donors (Lipinski definition) is 1. The van der Waals surface area contributed by atoms with Crippen LogP contribution in [0.4, 0.5) is 0 Å². The lowest BCUT2D eigenvalue weighted by Crippen LogP contribution is -1.99. The Bertz CT molecular complexity index is 867. The minimum absolute atomic E-state index is 0.289. The minimum Gasteiger partial charge on any atom is -0.497 e. The molecule has 0 fully saturated rings. The Balaban J connectivity index is 1.92. The van der Waals surface area contributed by atoms with Gasteiger partial charge < -0.3 is 19.1 Å². The monoisotopic (exact) mass is 311 g/mol. The Morgan fingerprint density at radius 1 is 1.17 bits per heavy atom. The molecule has 0 spiro atoms. The third kappa shape index (κ3) is 2.85. The molecule has 0 aliphatic rings. The topological polar surface area (TPSA) is 60.7 Å². The van der Waals surface area contributed by atoms with E-state index in [1.165, 1.54) is 0 Å². The van der Waals surface area contributed by atoms with Gasteiger partial charge in [-0.05, 0) is 18.2 Å². The number of aryl methyl sites for hydroxylation is 1. The number of ether oxygens (including phenoxy) is 2. The lowest BCUT2D eigenvalue weighted by atomic mass is 10.1. The normalized spacial score (nSPS) is 10.7. The van der Waals surface area contributed by atoms with Crippen molar-refractivity contribution in [2.45, 2.75) is 6.61 Å². The van der Waals surface area contributed by atoms with E-state index in [1.54, 1.807) is 19.2 Å². The number of aromatic nitrogens is 1. The first-order valence-corrected chi connectivity index (χ1v) is 7.17. The van der Waals surface area contributed by atoms with Crippen LogP contribution in [0.2, 0.25) is 0 Å². The van der Waals surface area contributed by atoms with Crippen LogP contribution >= 0.6 is 0 Å². The van der Waals surface area contributed by atoms with Crippen molar-refractivity contribution in [2.24, 2.45) is 7.05 Å². The Morgan fingerprint density at radius 3 is 2.65 bits per heavy atom. The van der Waals surface area contributed by atoms with Gasteiger partial charge in [0, 0.05) is 30.3 Å². The Labute approximate surface area is 133 Å². The number of para-hydroxylation sites is 1. The van der Waals surface area contributed by atoms with Gasteiger partial charge in [0.15, 0.2) is 0 Å². The van der Waals surface area contributed by atoms with Gasteiger partial charge in [-0.1, -0.05) is 18.2 Å². The summed E-state index contributed by atoms with van der Waals surface area (Å²) in [5.74, 6) is 0.501. The summed E-state index contributed by atoms with van der Waals surface area (Å²) in [4.78, 5) is 11.4. The zero-order valence-corrected chi connectivity index (χ0v) is 12.9. The Kier molecular flexibility index (Phi) is 3.93. The summed E-state index contributed by atoms with van der Waals surface area (Å²) in [7, 11) is 3.45. The number of methoxy groups -OCH3 is 1. The first-order chi connectivity index (χ1) is 11.1. The van der Waals surface area contributed by atoms with Crippen LogP contribution in [-0.2, 0) is 13.7 Å². The zero-order valence-electron chi connectivity index (χ0n) is 12.9. The molecule has 0 radical (unpaired) electrons. The standard InChI is InChI=1S/C18H17NO4/c1-19-10-12(11-23-14-6-3-5-13(9-14)22-2)15-7-4-8-16(17(15)19)18(20)21/h3-10H,11H2,1-2H3,(H,20,21). The number of nitrogens with zero attached hydrogens (tertiary/aromatic N) is 1. The maximum Gasteiger partial charge on any atom is 0.337 e. The van der Waals surface area contributed by atoms with Gasteiger partial charge in [0.05, 0.1) is 18.2 Å². The second-order valence-corrected chi connectivity index (χ2v) is 5.24.